The molecule has 2 aliphatic heterocycles. The molecule has 0 unspecified atom stereocenters. The molecule has 11 heteroatoms. The summed E-state index contributed by atoms with van der Waals surface area (Å²) in [7, 11) is 0. The highest BCUT2D eigenvalue weighted by atomic mass is 32.1. The van der Waals surface area contributed by atoms with Gasteiger partial charge in [0.25, 0.3) is 0 Å². The van der Waals surface area contributed by atoms with Crippen molar-refractivity contribution < 1.29 is 18.7 Å². The van der Waals surface area contributed by atoms with Crippen molar-refractivity contribution >= 4 is 39.8 Å². The Balaban J connectivity index is 1.36. The third kappa shape index (κ3) is 4.93. The Labute approximate surface area is 190 Å². The molecule has 4 rings (SSSR count). The number of anilines is 3. The van der Waals surface area contributed by atoms with E-state index in [1.807, 2.05) is 4.90 Å². The second-order valence-electron chi connectivity index (χ2n) is 7.89. The Morgan fingerprint density at radius 2 is 2.00 bits per heavy atom. The normalized spacial score (nSPS) is 18.8. The lowest BCUT2D eigenvalue weighted by atomic mass is 10.2. The monoisotopic (exact) mass is 462 g/mol. The number of cyclic esters (lactones) is 1. The number of aryl methyl sites for hydroxylation is 1. The van der Waals surface area contributed by atoms with Crippen LogP contribution in [0.15, 0.2) is 18.2 Å². The minimum atomic E-state index is -0.541. The second kappa shape index (κ2) is 9.68. The number of carbonyl (C=O) groups is 2. The van der Waals surface area contributed by atoms with Gasteiger partial charge < -0.3 is 19.9 Å². The van der Waals surface area contributed by atoms with Gasteiger partial charge in [0.05, 0.1) is 24.5 Å². The zero-order valence-electron chi connectivity index (χ0n) is 18.2. The Morgan fingerprint density at radius 1 is 1.25 bits per heavy atom. The summed E-state index contributed by atoms with van der Waals surface area (Å²) in [6.07, 6.45) is 0.984. The lowest BCUT2D eigenvalue weighted by Gasteiger charge is -2.36. The molecule has 0 aliphatic carbocycles. The lowest BCUT2D eigenvalue weighted by Crippen LogP contribution is -2.46. The van der Waals surface area contributed by atoms with Gasteiger partial charge in [0, 0.05) is 39.5 Å². The number of aromatic nitrogens is 2. The Bertz CT molecular complexity index is 978. The summed E-state index contributed by atoms with van der Waals surface area (Å²) in [4.78, 5) is 28.8. The first-order chi connectivity index (χ1) is 15.4. The minimum absolute atomic E-state index is 0.192. The molecule has 2 amide bonds. The number of ether oxygens (including phenoxy) is 1. The van der Waals surface area contributed by atoms with Crippen LogP contribution in [0.4, 0.5) is 25.7 Å². The summed E-state index contributed by atoms with van der Waals surface area (Å²) in [5, 5.41) is 13.1. The van der Waals surface area contributed by atoms with Crippen molar-refractivity contribution in [2.45, 2.75) is 32.8 Å². The molecule has 0 bridgehead atoms. The average molecular weight is 463 g/mol. The van der Waals surface area contributed by atoms with Crippen LogP contribution in [0.2, 0.25) is 0 Å². The van der Waals surface area contributed by atoms with Gasteiger partial charge in [-0.15, -0.1) is 10.2 Å². The fourth-order valence-electron chi connectivity index (χ4n) is 3.84. The van der Waals surface area contributed by atoms with Gasteiger partial charge in [-0.05, 0) is 24.6 Å². The molecule has 1 atom stereocenters. The topological polar surface area (TPSA) is 90.9 Å². The van der Waals surface area contributed by atoms with Crippen LogP contribution in [0.3, 0.4) is 0 Å². The van der Waals surface area contributed by atoms with Crippen LogP contribution in [0.25, 0.3) is 0 Å². The van der Waals surface area contributed by atoms with Gasteiger partial charge in [-0.25, -0.2) is 9.18 Å². The van der Waals surface area contributed by atoms with Crippen LogP contribution in [-0.4, -0.2) is 67.6 Å². The van der Waals surface area contributed by atoms with Crippen molar-refractivity contribution in [3.05, 3.63) is 29.0 Å². The maximum Gasteiger partial charge on any atom is 0.414 e. The smallest absolute Gasteiger partial charge is 0.414 e. The highest BCUT2D eigenvalue weighted by molar-refractivity contribution is 7.15. The number of rotatable bonds is 7. The number of carbonyl (C=O) groups excluding carboxylic acids is 2. The van der Waals surface area contributed by atoms with Gasteiger partial charge in [0.1, 0.15) is 16.9 Å². The van der Waals surface area contributed by atoms with E-state index in [0.29, 0.717) is 24.5 Å². The molecule has 0 spiro atoms. The number of hydrogen-bond acceptors (Lipinski definition) is 8. The Hall–Kier alpha value is -2.95. The van der Waals surface area contributed by atoms with Crippen LogP contribution in [0.1, 0.15) is 25.3 Å². The summed E-state index contributed by atoms with van der Waals surface area (Å²) in [6, 6.07) is 4.80. The maximum atomic E-state index is 15.0. The van der Waals surface area contributed by atoms with Crippen LogP contribution >= 0.6 is 11.3 Å². The van der Waals surface area contributed by atoms with E-state index in [1.165, 1.54) is 17.9 Å². The number of nitrogens with zero attached hydrogens (tertiary/aromatic N) is 5. The predicted molar refractivity (Wildman–Crippen MR) is 121 cm³/mol. The Morgan fingerprint density at radius 3 is 2.69 bits per heavy atom. The molecule has 3 heterocycles. The predicted octanol–water partition coefficient (Wildman–Crippen LogP) is 2.42. The second-order valence-corrected chi connectivity index (χ2v) is 8.93. The van der Waals surface area contributed by atoms with Gasteiger partial charge in [-0.3, -0.25) is 9.69 Å². The highest BCUT2D eigenvalue weighted by Gasteiger charge is 2.33. The van der Waals surface area contributed by atoms with Gasteiger partial charge in [-0.2, -0.15) is 0 Å². The highest BCUT2D eigenvalue weighted by Crippen LogP contribution is 2.29. The fraction of sp³-hybridized carbons (Fsp3) is 0.524. The molecule has 2 fully saturated rings. The number of hydrogen-bond donors (Lipinski definition) is 1. The summed E-state index contributed by atoms with van der Waals surface area (Å²) >= 11 is 1.62. The third-order valence-corrected chi connectivity index (χ3v) is 6.55. The maximum absolute atomic E-state index is 15.0. The van der Waals surface area contributed by atoms with E-state index in [4.69, 9.17) is 4.74 Å². The molecule has 0 radical (unpaired) electrons. The zero-order valence-corrected chi connectivity index (χ0v) is 19.0. The average Bonchev–Trinajstić information content (AvgIpc) is 3.39. The van der Waals surface area contributed by atoms with E-state index in [9.17, 15) is 14.0 Å². The number of halogens is 1. The summed E-state index contributed by atoms with van der Waals surface area (Å²) in [6.45, 7) is 6.84. The number of benzene rings is 1. The molecule has 9 nitrogen and oxygen atoms in total. The molecule has 2 saturated heterocycles. The first-order valence-electron chi connectivity index (χ1n) is 10.8. The van der Waals surface area contributed by atoms with Crippen LogP contribution in [0.5, 0.6) is 0 Å². The quantitative estimate of drug-likeness (QED) is 0.676. The number of nitrogens with one attached hydrogen (secondary N) is 1. The van der Waals surface area contributed by atoms with Gasteiger partial charge >= 0.3 is 6.09 Å². The molecule has 172 valence electrons. The van der Waals surface area contributed by atoms with Gasteiger partial charge in [-0.1, -0.05) is 18.3 Å². The molecule has 1 aromatic heterocycles. The standard InChI is InChI=1S/C21H27FN6O3S/c1-3-4-19-24-25-20(32-19)27-9-7-26(8-10-27)18-6-5-15(11-17(18)22)28-13-16(31-21(28)30)12-23-14(2)29/h5-6,11,16H,3-4,7-10,12-13H2,1-2H3,(H,23,29)/t16-/m0/s1. The first-order valence-corrected chi connectivity index (χ1v) is 11.6. The van der Waals surface area contributed by atoms with E-state index in [1.54, 1.807) is 23.5 Å². The fourth-order valence-corrected chi connectivity index (χ4v) is 4.83. The SMILES string of the molecule is CCCc1nnc(N2CCN(c3ccc(N4C[C@H](CNC(C)=O)OC4=O)cc3F)CC2)s1. The minimum Gasteiger partial charge on any atom is -0.442 e. The number of piperazine rings is 1. The lowest BCUT2D eigenvalue weighted by molar-refractivity contribution is -0.119. The van der Waals surface area contributed by atoms with Crippen LogP contribution in [0, 0.1) is 5.82 Å². The van der Waals surface area contributed by atoms with E-state index >= 15 is 0 Å². The van der Waals surface area contributed by atoms with Crippen LogP contribution < -0.4 is 20.0 Å². The van der Waals surface area contributed by atoms with Gasteiger partial charge in [0.15, 0.2) is 0 Å². The molecule has 1 aromatic carbocycles. The zero-order chi connectivity index (χ0) is 22.7. The van der Waals surface area contributed by atoms with Crippen molar-refractivity contribution in [1.82, 2.24) is 15.5 Å². The molecule has 2 aromatic rings. The van der Waals surface area contributed by atoms with Crippen molar-refractivity contribution in [3.8, 4) is 0 Å². The molecule has 1 N–H and O–H groups in total. The molecular weight excluding hydrogens is 435 g/mol. The summed E-state index contributed by atoms with van der Waals surface area (Å²) < 4.78 is 20.2. The van der Waals surface area contributed by atoms with E-state index < -0.39 is 12.2 Å². The summed E-state index contributed by atoms with van der Waals surface area (Å²) in [5.41, 5.74) is 0.956. The summed E-state index contributed by atoms with van der Waals surface area (Å²) in [5.74, 6) is -0.572. The van der Waals surface area contributed by atoms with Crippen molar-refractivity contribution in [2.24, 2.45) is 0 Å². The number of amides is 2. The third-order valence-electron chi connectivity index (χ3n) is 5.51. The molecule has 2 aliphatic rings. The van der Waals surface area contributed by atoms with Crippen LogP contribution in [-0.2, 0) is 16.0 Å². The van der Waals surface area contributed by atoms with E-state index in [0.717, 1.165) is 36.1 Å². The van der Waals surface area contributed by atoms with E-state index in [2.05, 4.69) is 27.3 Å². The molecular formula is C21H27FN6O3S. The Kier molecular flexibility index (Phi) is 6.73. The molecule has 0 saturated carbocycles. The van der Waals surface area contributed by atoms with E-state index in [-0.39, 0.29) is 24.8 Å². The largest absolute Gasteiger partial charge is 0.442 e. The van der Waals surface area contributed by atoms with Gasteiger partial charge in [0.2, 0.25) is 11.0 Å². The first kappa shape index (κ1) is 22.3. The molecule has 32 heavy (non-hydrogen) atoms. The van der Waals surface area contributed by atoms with Crippen molar-refractivity contribution in [2.75, 3.05) is 54.0 Å². The van der Waals surface area contributed by atoms with Crippen molar-refractivity contribution in [3.63, 3.8) is 0 Å². The van der Waals surface area contributed by atoms with Crippen molar-refractivity contribution in [1.29, 1.82) is 0 Å².